The fourth-order valence-electron chi connectivity index (χ4n) is 2.95. The molecule has 0 bridgehead atoms. The Hall–Kier alpha value is -3.55. The van der Waals surface area contributed by atoms with Gasteiger partial charge in [0.1, 0.15) is 0 Å². The first-order chi connectivity index (χ1) is 12.8. The Morgan fingerprint density at radius 3 is 2.52 bits per heavy atom. The van der Waals surface area contributed by atoms with E-state index >= 15 is 0 Å². The maximum atomic E-state index is 12.5. The molecule has 8 heteroatoms. The van der Waals surface area contributed by atoms with Crippen LogP contribution in [0.5, 0.6) is 0 Å². The molecule has 0 aromatic heterocycles. The summed E-state index contributed by atoms with van der Waals surface area (Å²) in [5.74, 6) is -1.19. The van der Waals surface area contributed by atoms with Crippen LogP contribution < -0.4 is 10.2 Å². The van der Waals surface area contributed by atoms with Gasteiger partial charge in [-0.15, -0.1) is 0 Å². The molecule has 27 heavy (non-hydrogen) atoms. The summed E-state index contributed by atoms with van der Waals surface area (Å²) in [5, 5.41) is 13.5. The predicted molar refractivity (Wildman–Crippen MR) is 98.6 cm³/mol. The standard InChI is InChI=1S/C19H17N3O5/c1-12(23)13-3-2-4-15(9-13)20-19(25)14-10-18(24)21(11-14)16-5-7-17(8-6-16)22(26)27/h2-9,14H,10-11H2,1H3,(H,20,25)/t14-/m0/s1. The zero-order chi connectivity index (χ0) is 19.6. The number of carbonyl (C=O) groups is 3. The summed E-state index contributed by atoms with van der Waals surface area (Å²) in [5.41, 5.74) is 1.43. The average molecular weight is 367 g/mol. The van der Waals surface area contributed by atoms with Crippen molar-refractivity contribution in [3.63, 3.8) is 0 Å². The number of nitrogens with one attached hydrogen (secondary N) is 1. The van der Waals surface area contributed by atoms with Crippen LogP contribution in [0.1, 0.15) is 23.7 Å². The van der Waals surface area contributed by atoms with Crippen molar-refractivity contribution in [1.29, 1.82) is 0 Å². The van der Waals surface area contributed by atoms with Gasteiger partial charge in [0.2, 0.25) is 11.8 Å². The number of amides is 2. The third kappa shape index (κ3) is 4.00. The molecule has 138 valence electrons. The number of Topliss-reactive ketones (excluding diaryl/α,β-unsaturated/α-hetero) is 1. The minimum Gasteiger partial charge on any atom is -0.326 e. The van der Waals surface area contributed by atoms with Gasteiger partial charge in [0.15, 0.2) is 5.78 Å². The fraction of sp³-hybridized carbons (Fsp3) is 0.211. The monoisotopic (exact) mass is 367 g/mol. The third-order valence-corrected chi connectivity index (χ3v) is 4.40. The van der Waals surface area contributed by atoms with Gasteiger partial charge in [-0.3, -0.25) is 24.5 Å². The van der Waals surface area contributed by atoms with Crippen LogP contribution in [0.4, 0.5) is 17.1 Å². The van der Waals surface area contributed by atoms with Gasteiger partial charge in [0, 0.05) is 42.0 Å². The molecule has 1 aliphatic heterocycles. The molecule has 0 spiro atoms. The molecule has 1 N–H and O–H groups in total. The first-order valence-electron chi connectivity index (χ1n) is 8.32. The Bertz CT molecular complexity index is 923. The topological polar surface area (TPSA) is 110 Å². The number of nitrogens with zero attached hydrogens (tertiary/aromatic N) is 2. The van der Waals surface area contributed by atoms with Gasteiger partial charge in [-0.25, -0.2) is 0 Å². The number of nitro benzene ring substituents is 1. The number of benzene rings is 2. The van der Waals surface area contributed by atoms with Crippen LogP contribution in [-0.2, 0) is 9.59 Å². The van der Waals surface area contributed by atoms with Gasteiger partial charge >= 0.3 is 0 Å². The maximum Gasteiger partial charge on any atom is 0.269 e. The number of hydrogen-bond acceptors (Lipinski definition) is 5. The lowest BCUT2D eigenvalue weighted by atomic mass is 10.1. The molecular weight excluding hydrogens is 350 g/mol. The van der Waals surface area contributed by atoms with Gasteiger partial charge in [-0.1, -0.05) is 12.1 Å². The molecule has 1 heterocycles. The van der Waals surface area contributed by atoms with Crippen molar-refractivity contribution in [3.05, 3.63) is 64.2 Å². The van der Waals surface area contributed by atoms with Crippen molar-refractivity contribution in [2.75, 3.05) is 16.8 Å². The first kappa shape index (κ1) is 18.2. The molecular formula is C19H17N3O5. The second kappa shape index (κ2) is 7.36. The van der Waals surface area contributed by atoms with Gasteiger partial charge in [-0.2, -0.15) is 0 Å². The SMILES string of the molecule is CC(=O)c1cccc(NC(=O)[C@H]2CC(=O)N(c3ccc([N+](=O)[O-])cc3)C2)c1. The summed E-state index contributed by atoms with van der Waals surface area (Å²) in [7, 11) is 0. The molecule has 3 rings (SSSR count). The number of non-ortho nitro benzene ring substituents is 1. The second-order valence-electron chi connectivity index (χ2n) is 6.31. The molecule has 2 aromatic carbocycles. The quantitative estimate of drug-likeness (QED) is 0.496. The van der Waals surface area contributed by atoms with Crippen LogP contribution >= 0.6 is 0 Å². The van der Waals surface area contributed by atoms with Crippen molar-refractivity contribution < 1.29 is 19.3 Å². The van der Waals surface area contributed by atoms with Crippen LogP contribution in [0.15, 0.2) is 48.5 Å². The highest BCUT2D eigenvalue weighted by atomic mass is 16.6. The molecule has 1 fully saturated rings. The van der Waals surface area contributed by atoms with E-state index in [0.717, 1.165) is 0 Å². The molecule has 2 aromatic rings. The number of rotatable bonds is 5. The molecule has 8 nitrogen and oxygen atoms in total. The molecule has 0 aliphatic carbocycles. The highest BCUT2D eigenvalue weighted by Crippen LogP contribution is 2.27. The minimum atomic E-state index is -0.548. The zero-order valence-electron chi connectivity index (χ0n) is 14.5. The summed E-state index contributed by atoms with van der Waals surface area (Å²) in [6.45, 7) is 1.63. The first-order valence-corrected chi connectivity index (χ1v) is 8.32. The number of carbonyl (C=O) groups excluding carboxylic acids is 3. The van der Waals surface area contributed by atoms with Crippen LogP contribution in [-0.4, -0.2) is 29.1 Å². The van der Waals surface area contributed by atoms with Crippen molar-refractivity contribution in [3.8, 4) is 0 Å². The van der Waals surface area contributed by atoms with Gasteiger partial charge in [-0.05, 0) is 31.2 Å². The average Bonchev–Trinajstić information content (AvgIpc) is 3.04. The maximum absolute atomic E-state index is 12.5. The van der Waals surface area contributed by atoms with Crippen LogP contribution in [0, 0.1) is 16.0 Å². The number of hydrogen-bond donors (Lipinski definition) is 1. The van der Waals surface area contributed by atoms with Gasteiger partial charge in [0.25, 0.3) is 5.69 Å². The van der Waals surface area contributed by atoms with Crippen LogP contribution in [0.2, 0.25) is 0 Å². The molecule has 0 radical (unpaired) electrons. The van der Waals surface area contributed by atoms with E-state index < -0.39 is 10.8 Å². The number of nitro groups is 1. The van der Waals surface area contributed by atoms with E-state index in [0.29, 0.717) is 16.9 Å². The zero-order valence-corrected chi connectivity index (χ0v) is 14.5. The predicted octanol–water partition coefficient (Wildman–Crippen LogP) is 2.79. The molecule has 0 saturated carbocycles. The van der Waals surface area contributed by atoms with E-state index in [4.69, 9.17) is 0 Å². The Morgan fingerprint density at radius 2 is 1.89 bits per heavy atom. The van der Waals surface area contributed by atoms with E-state index in [1.165, 1.54) is 36.1 Å². The Balaban J connectivity index is 1.69. The fourth-order valence-corrected chi connectivity index (χ4v) is 2.95. The summed E-state index contributed by atoms with van der Waals surface area (Å²) in [4.78, 5) is 47.9. The number of anilines is 2. The van der Waals surface area contributed by atoms with Crippen molar-refractivity contribution in [2.45, 2.75) is 13.3 Å². The van der Waals surface area contributed by atoms with Gasteiger partial charge in [0.05, 0.1) is 10.8 Å². The van der Waals surface area contributed by atoms with E-state index in [2.05, 4.69) is 5.32 Å². The van der Waals surface area contributed by atoms with Crippen molar-refractivity contribution in [2.24, 2.45) is 5.92 Å². The second-order valence-corrected chi connectivity index (χ2v) is 6.31. The molecule has 1 saturated heterocycles. The summed E-state index contributed by atoms with van der Waals surface area (Å²) in [6, 6.07) is 12.2. The summed E-state index contributed by atoms with van der Waals surface area (Å²) in [6.07, 6.45) is 0.0508. The lowest BCUT2D eigenvalue weighted by Gasteiger charge is -2.16. The normalized spacial score (nSPS) is 16.3. The largest absolute Gasteiger partial charge is 0.326 e. The van der Waals surface area contributed by atoms with Crippen LogP contribution in [0.25, 0.3) is 0 Å². The van der Waals surface area contributed by atoms with Crippen molar-refractivity contribution in [1.82, 2.24) is 0 Å². The highest BCUT2D eigenvalue weighted by molar-refractivity contribution is 6.04. The van der Waals surface area contributed by atoms with E-state index in [-0.39, 0.29) is 36.3 Å². The molecule has 2 amide bonds. The van der Waals surface area contributed by atoms with E-state index in [1.54, 1.807) is 24.3 Å². The number of ketones is 1. The Morgan fingerprint density at radius 1 is 1.19 bits per heavy atom. The summed E-state index contributed by atoms with van der Waals surface area (Å²) < 4.78 is 0. The highest BCUT2D eigenvalue weighted by Gasteiger charge is 2.35. The van der Waals surface area contributed by atoms with Crippen molar-refractivity contribution >= 4 is 34.7 Å². The summed E-state index contributed by atoms with van der Waals surface area (Å²) >= 11 is 0. The molecule has 1 aliphatic rings. The molecule has 1 atom stereocenters. The van der Waals surface area contributed by atoms with Crippen LogP contribution in [0.3, 0.4) is 0 Å². The molecule has 0 unspecified atom stereocenters. The third-order valence-electron chi connectivity index (χ3n) is 4.40. The minimum absolute atomic E-state index is 0.0508. The lowest BCUT2D eigenvalue weighted by molar-refractivity contribution is -0.384. The smallest absolute Gasteiger partial charge is 0.269 e. The van der Waals surface area contributed by atoms with E-state index in [9.17, 15) is 24.5 Å². The van der Waals surface area contributed by atoms with Gasteiger partial charge < -0.3 is 10.2 Å². The van der Waals surface area contributed by atoms with E-state index in [1.807, 2.05) is 0 Å². The Labute approximate surface area is 154 Å². The Kier molecular flexibility index (Phi) is 4.98. The lowest BCUT2D eigenvalue weighted by Crippen LogP contribution is -2.28.